The van der Waals surface area contributed by atoms with E-state index in [4.69, 9.17) is 63.1 Å². The van der Waals surface area contributed by atoms with Gasteiger partial charge >= 0.3 is 0 Å². The number of hydrogen-bond acceptors (Lipinski definition) is 33. The first-order valence-corrected chi connectivity index (χ1v) is 35.3. The van der Waals surface area contributed by atoms with E-state index in [0.29, 0.717) is 72.0 Å². The zero-order valence-corrected chi connectivity index (χ0v) is 61.9. The van der Waals surface area contributed by atoms with Crippen LogP contribution in [0.2, 0.25) is 0 Å². The summed E-state index contributed by atoms with van der Waals surface area (Å²) >= 11 is 0. The average molecular weight is 1350 g/mol. The molecule has 1 saturated heterocycles. The minimum absolute atomic E-state index is 0.681. The van der Waals surface area contributed by atoms with E-state index >= 15 is 0 Å². The molecule has 0 aromatic rings. The molecule has 0 aromatic carbocycles. The summed E-state index contributed by atoms with van der Waals surface area (Å²) in [6, 6.07) is 0. The van der Waals surface area contributed by atoms with Gasteiger partial charge in [-0.3, -0.25) is 4.90 Å². The Labute approximate surface area is 572 Å². The van der Waals surface area contributed by atoms with Crippen molar-refractivity contribution in [3.63, 3.8) is 0 Å². The molecule has 1 aliphatic heterocycles. The predicted octanol–water partition coefficient (Wildman–Crippen LogP) is -13.0. The van der Waals surface area contributed by atoms with E-state index in [9.17, 15) is 0 Å². The van der Waals surface area contributed by atoms with Gasteiger partial charge in [-0.05, 0) is 56.4 Å². The van der Waals surface area contributed by atoms with Crippen LogP contribution >= 0.6 is 0 Å². The van der Waals surface area contributed by atoms with Crippen LogP contribution in [0.5, 0.6) is 0 Å². The van der Waals surface area contributed by atoms with Crippen molar-refractivity contribution in [1.29, 1.82) is 0 Å². The molecule has 0 bridgehead atoms. The number of hydrogen-bond donors (Lipinski definition) is 28. The van der Waals surface area contributed by atoms with Crippen LogP contribution in [-0.4, -0.2) is 421 Å². The van der Waals surface area contributed by atoms with E-state index in [-0.39, 0.29) is 0 Å². The fourth-order valence-corrected chi connectivity index (χ4v) is 6.98. The lowest BCUT2D eigenvalue weighted by Gasteiger charge is -2.18. The Morgan fingerprint density at radius 3 is 0.452 bits per heavy atom. The summed E-state index contributed by atoms with van der Waals surface area (Å²) in [7, 11) is 16.7. The van der Waals surface area contributed by atoms with Crippen LogP contribution in [0, 0.1) is 0 Å². The van der Waals surface area contributed by atoms with Gasteiger partial charge in [0, 0.05) is 340 Å². The van der Waals surface area contributed by atoms with Gasteiger partial charge in [-0.1, -0.05) is 0 Å². The molecule has 1 heterocycles. The fraction of sp³-hybridized carbons (Fsp3) is 1.00. The lowest BCUT2D eigenvalue weighted by Crippen LogP contribution is -2.39. The van der Waals surface area contributed by atoms with Gasteiger partial charge in [0.1, 0.15) is 0 Å². The van der Waals surface area contributed by atoms with Crippen LogP contribution in [0.15, 0.2) is 0 Å². The molecule has 33 nitrogen and oxygen atoms in total. The molecule has 0 unspecified atom stereocenters. The highest BCUT2D eigenvalue weighted by Crippen LogP contribution is 1.82. The molecule has 0 radical (unpaired) electrons. The highest BCUT2D eigenvalue weighted by Gasteiger charge is 2.00. The summed E-state index contributed by atoms with van der Waals surface area (Å²) in [4.78, 5) is 10.9. The topological polar surface area (TPSA) is 507 Å². The van der Waals surface area contributed by atoms with Crippen LogP contribution in [-0.2, 0) is 0 Å². The van der Waals surface area contributed by atoms with Gasteiger partial charge < -0.3 is 173 Å². The smallest absolute Gasteiger partial charge is 0.0106 e. The van der Waals surface area contributed by atoms with Crippen molar-refractivity contribution in [2.45, 2.75) is 0 Å². The molecule has 0 aliphatic carbocycles. The molecule has 1 fully saturated rings. The number of nitrogens with two attached hydrogens (primary N) is 11. The van der Waals surface area contributed by atoms with E-state index < -0.39 is 0 Å². The van der Waals surface area contributed by atoms with Gasteiger partial charge in [0.2, 0.25) is 0 Å². The maximum absolute atomic E-state index is 5.37. The Morgan fingerprint density at radius 1 is 0.183 bits per heavy atom. The standard InChI is InChI=1S/C10H28N6.C10H26N4.C8H23N5.C8H20N4.C8H21N3.2C6H18N4.C4H13N3/c11-1-3-13-5-7-15-9-10-16-8-6-14-4-2-12;1-13(2)9-7-11-5-6-12-8-10-14(3)4;9-1-3-11-5-7-13-8-6-12-4-2-10;1-2-10-5-6-12-8-7-11-4-3-9-1;1-10(2)7-5-9-6-8-11(3)4;7-1-4-10(5-2-8)6-3-9;7-1-3-9-5-6-10-4-2-8;5-1-3-7-4-2-6/h13-16H,1-12H2;11-12H,5-10H2,1-4H3;11-13H,1-10H2;9-12H,1-8H2;9H,5-8H2,1-4H3;1-9H2;9-10H,1-8H2;7H,1-6H2. The Bertz CT molecular complexity index is 1040. The molecule has 93 heavy (non-hydrogen) atoms. The molecule has 0 spiro atoms. The normalized spacial score (nSPS) is 12.5. The Hall–Kier alpha value is -1.32. The third-order valence-electron chi connectivity index (χ3n) is 12.1. The lowest BCUT2D eigenvalue weighted by atomic mass is 10.4. The Balaban J connectivity index is -0.000000183. The van der Waals surface area contributed by atoms with Gasteiger partial charge in [-0.15, -0.1) is 0 Å². The second-order valence-electron chi connectivity index (χ2n) is 22.5. The first-order chi connectivity index (χ1) is 45.3. The van der Waals surface area contributed by atoms with Gasteiger partial charge in [0.05, 0.1) is 0 Å². The van der Waals surface area contributed by atoms with Gasteiger partial charge in [-0.25, -0.2) is 0 Å². The number of nitrogens with zero attached hydrogens (tertiary/aromatic N) is 5. The molecule has 0 saturated carbocycles. The second kappa shape index (κ2) is 107. The third kappa shape index (κ3) is 135. The molecule has 0 amide bonds. The fourth-order valence-electron chi connectivity index (χ4n) is 6.98. The molecule has 1 aliphatic rings. The largest absolute Gasteiger partial charge is 0.329 e. The van der Waals surface area contributed by atoms with E-state index in [1.54, 1.807) is 0 Å². The maximum Gasteiger partial charge on any atom is 0.0106 e. The molecule has 39 N–H and O–H groups in total. The minimum atomic E-state index is 0.681. The SMILES string of the molecule is C1CNCCNCCNCCN1.CN(C)CCNCCN(C)C.CN(C)CCNCCNCCN(C)C.NCCN(CCN)CCN.NCCNCCN.NCCNCCNCCN.NCCNCCNCCNCCN.NCCNCCNCCNCCNCCN. The van der Waals surface area contributed by atoms with Crippen molar-refractivity contribution >= 4 is 0 Å². The van der Waals surface area contributed by atoms with Gasteiger partial charge in [0.25, 0.3) is 0 Å². The summed E-state index contributed by atoms with van der Waals surface area (Å²) in [5.41, 5.74) is 58.3. The summed E-state index contributed by atoms with van der Waals surface area (Å²) in [6.45, 7) is 48.8. The lowest BCUT2D eigenvalue weighted by molar-refractivity contribution is 0.297. The summed E-state index contributed by atoms with van der Waals surface area (Å²) in [6.07, 6.45) is 0. The molecule has 572 valence electrons. The van der Waals surface area contributed by atoms with E-state index in [1.807, 2.05) is 0 Å². The van der Waals surface area contributed by atoms with Crippen LogP contribution in [0.1, 0.15) is 0 Å². The van der Waals surface area contributed by atoms with E-state index in [1.165, 1.54) is 0 Å². The van der Waals surface area contributed by atoms with Crippen molar-refractivity contribution in [3.8, 4) is 0 Å². The number of rotatable bonds is 55. The monoisotopic (exact) mass is 1350 g/mol. The van der Waals surface area contributed by atoms with Crippen molar-refractivity contribution in [1.82, 2.24) is 115 Å². The van der Waals surface area contributed by atoms with E-state index in [0.717, 1.165) is 268 Å². The third-order valence-corrected chi connectivity index (χ3v) is 12.1. The highest BCUT2D eigenvalue weighted by atomic mass is 15.1. The zero-order valence-electron chi connectivity index (χ0n) is 61.9. The van der Waals surface area contributed by atoms with Gasteiger partial charge in [0.15, 0.2) is 0 Å². The summed E-state index contributed by atoms with van der Waals surface area (Å²) < 4.78 is 0. The molecule has 33 heteroatoms. The van der Waals surface area contributed by atoms with E-state index in [2.05, 4.69) is 171 Å². The molecule has 1 rings (SSSR count). The molecule has 0 atom stereocenters. The average Bonchev–Trinajstić information content (AvgIpc) is 3.61. The van der Waals surface area contributed by atoms with Crippen LogP contribution in [0.4, 0.5) is 0 Å². The van der Waals surface area contributed by atoms with Crippen molar-refractivity contribution < 1.29 is 0 Å². The van der Waals surface area contributed by atoms with Gasteiger partial charge in [-0.2, -0.15) is 0 Å². The summed E-state index contributed by atoms with van der Waals surface area (Å²) in [5, 5.41) is 55.8. The predicted molar refractivity (Wildman–Crippen MR) is 409 cm³/mol. The number of nitrogens with one attached hydrogen (secondary N) is 17. The Morgan fingerprint density at radius 2 is 0.312 bits per heavy atom. The maximum atomic E-state index is 5.37. The van der Waals surface area contributed by atoms with Crippen molar-refractivity contribution in [2.24, 2.45) is 63.1 Å². The minimum Gasteiger partial charge on any atom is -0.329 e. The number of likely N-dealkylation sites (N-methyl/N-ethyl adjacent to an activating group) is 4. The molecule has 0 aromatic heterocycles. The molecular formula is C60H167N33. The molecular weight excluding hydrogens is 1180 g/mol. The first-order valence-electron chi connectivity index (χ1n) is 35.3. The summed E-state index contributed by atoms with van der Waals surface area (Å²) in [5.74, 6) is 0. The van der Waals surface area contributed by atoms with Crippen LogP contribution in [0.3, 0.4) is 0 Å². The highest BCUT2D eigenvalue weighted by molar-refractivity contribution is 4.63. The zero-order chi connectivity index (χ0) is 70.7. The first kappa shape index (κ1) is 105. The van der Waals surface area contributed by atoms with Crippen LogP contribution in [0.25, 0.3) is 0 Å². The Kier molecular flexibility index (Phi) is 121. The van der Waals surface area contributed by atoms with Crippen molar-refractivity contribution in [2.75, 3.05) is 397 Å². The van der Waals surface area contributed by atoms with Crippen LogP contribution < -0.4 is 153 Å². The second-order valence-corrected chi connectivity index (χ2v) is 22.5. The van der Waals surface area contributed by atoms with Crippen molar-refractivity contribution in [3.05, 3.63) is 0 Å². The quantitative estimate of drug-likeness (QED) is 0.0251.